The summed E-state index contributed by atoms with van der Waals surface area (Å²) < 4.78 is 5.74. The van der Waals surface area contributed by atoms with Crippen molar-refractivity contribution in [3.8, 4) is 0 Å². The fraction of sp³-hybridized carbons (Fsp3) is 0.500. The molecule has 0 unspecified atom stereocenters. The summed E-state index contributed by atoms with van der Waals surface area (Å²) in [5, 5.41) is 8.23. The highest BCUT2D eigenvalue weighted by atomic mass is 16.4. The maximum Gasteiger partial charge on any atom is 0.227 e. The smallest absolute Gasteiger partial charge is 0.227 e. The average molecular weight is 546 g/mol. The van der Waals surface area contributed by atoms with E-state index in [1.807, 2.05) is 66.1 Å². The molecule has 0 saturated carbocycles. The Bertz CT molecular complexity index is 1240. The molecule has 8 heteroatoms. The Labute approximate surface area is 238 Å². The zero-order chi connectivity index (χ0) is 28.5. The Morgan fingerprint density at radius 2 is 1.55 bits per heavy atom. The molecule has 0 fully saturated rings. The van der Waals surface area contributed by atoms with Gasteiger partial charge in [0, 0.05) is 69.6 Å². The van der Waals surface area contributed by atoms with E-state index in [-0.39, 0.29) is 17.7 Å². The van der Waals surface area contributed by atoms with Crippen LogP contribution in [0, 0.1) is 0 Å². The Balaban J connectivity index is 1.54. The average Bonchev–Trinajstić information content (AvgIpc) is 3.42. The van der Waals surface area contributed by atoms with Crippen LogP contribution in [0.4, 0.5) is 5.69 Å². The van der Waals surface area contributed by atoms with Crippen molar-refractivity contribution >= 4 is 17.5 Å². The van der Waals surface area contributed by atoms with Crippen LogP contribution in [0.3, 0.4) is 0 Å². The minimum Gasteiger partial charge on any atom is -0.425 e. The van der Waals surface area contributed by atoms with Gasteiger partial charge in [-0.25, -0.2) is 0 Å². The van der Waals surface area contributed by atoms with Crippen molar-refractivity contribution in [2.75, 3.05) is 31.1 Å². The number of rotatable bonds is 8. The number of aryl methyl sites for hydroxylation is 2. The molecule has 1 aromatic heterocycles. The normalized spacial score (nSPS) is 15.2. The Hall–Kier alpha value is -3.52. The lowest BCUT2D eigenvalue weighted by Crippen LogP contribution is -2.41. The van der Waals surface area contributed by atoms with Gasteiger partial charge in [-0.3, -0.25) is 14.5 Å². The predicted octanol–water partition coefficient (Wildman–Crippen LogP) is 5.23. The molecule has 0 atom stereocenters. The van der Waals surface area contributed by atoms with Gasteiger partial charge in [0.2, 0.25) is 23.6 Å². The number of amides is 2. The lowest BCUT2D eigenvalue weighted by atomic mass is 10.1. The number of carbonyl (C=O) groups excluding carboxylic acids is 2. The second-order valence-corrected chi connectivity index (χ2v) is 11.1. The third-order valence-corrected chi connectivity index (χ3v) is 7.51. The van der Waals surface area contributed by atoms with Crippen molar-refractivity contribution in [3.63, 3.8) is 0 Å². The summed E-state index contributed by atoms with van der Waals surface area (Å²) >= 11 is 0. The Morgan fingerprint density at radius 1 is 0.825 bits per heavy atom. The van der Waals surface area contributed by atoms with Crippen LogP contribution >= 0.6 is 0 Å². The van der Waals surface area contributed by atoms with E-state index in [0.29, 0.717) is 63.1 Å². The molecule has 214 valence electrons. The number of aromatic nitrogens is 2. The molecule has 2 aromatic carbocycles. The highest BCUT2D eigenvalue weighted by Crippen LogP contribution is 2.25. The van der Waals surface area contributed by atoms with E-state index < -0.39 is 0 Å². The third kappa shape index (κ3) is 8.01. The highest BCUT2D eigenvalue weighted by molar-refractivity contribution is 5.94. The molecule has 2 amide bonds. The number of fused-ring (bicyclic) bond motifs is 1. The molecule has 8 nitrogen and oxygen atoms in total. The summed E-state index contributed by atoms with van der Waals surface area (Å²) in [5.74, 6) is 1.40. The van der Waals surface area contributed by atoms with Crippen LogP contribution in [0.15, 0.2) is 59.0 Å². The van der Waals surface area contributed by atoms with Gasteiger partial charge in [0.25, 0.3) is 0 Å². The van der Waals surface area contributed by atoms with Crippen LogP contribution in [0.25, 0.3) is 0 Å². The molecule has 3 aromatic rings. The highest BCUT2D eigenvalue weighted by Gasteiger charge is 2.24. The number of para-hydroxylation sites is 1. The van der Waals surface area contributed by atoms with Gasteiger partial charge in [0.05, 0.1) is 0 Å². The number of anilines is 1. The molecule has 40 heavy (non-hydrogen) atoms. The molecule has 4 rings (SSSR count). The third-order valence-electron chi connectivity index (χ3n) is 7.51. The van der Waals surface area contributed by atoms with Crippen LogP contribution in [0.2, 0.25) is 0 Å². The SMILES string of the molecule is CC(C)c1nnc(CCC(=O)N2CCN(C(C)C)CCCN(C(=O)CCc3ccccc3)c3ccccc3C2)o1. The van der Waals surface area contributed by atoms with Gasteiger partial charge in [-0.1, -0.05) is 62.4 Å². The fourth-order valence-electron chi connectivity index (χ4n) is 5.10. The summed E-state index contributed by atoms with van der Waals surface area (Å²) in [6, 6.07) is 18.5. The molecule has 0 N–H and O–H groups in total. The molecule has 0 aliphatic carbocycles. The molecule has 2 heterocycles. The van der Waals surface area contributed by atoms with Crippen molar-refractivity contribution < 1.29 is 14.0 Å². The molecule has 1 aliphatic heterocycles. The van der Waals surface area contributed by atoms with Gasteiger partial charge in [0.15, 0.2) is 0 Å². The van der Waals surface area contributed by atoms with E-state index in [2.05, 4.69) is 41.1 Å². The number of hydrogen-bond acceptors (Lipinski definition) is 6. The number of hydrogen-bond donors (Lipinski definition) is 0. The molecule has 0 spiro atoms. The summed E-state index contributed by atoms with van der Waals surface area (Å²) in [5.41, 5.74) is 3.04. The van der Waals surface area contributed by atoms with Crippen molar-refractivity contribution in [2.45, 2.75) is 78.3 Å². The number of benzene rings is 2. The van der Waals surface area contributed by atoms with Gasteiger partial charge in [-0.15, -0.1) is 10.2 Å². The summed E-state index contributed by atoms with van der Waals surface area (Å²) in [4.78, 5) is 33.5. The van der Waals surface area contributed by atoms with Gasteiger partial charge in [-0.05, 0) is 43.9 Å². The first-order chi connectivity index (χ1) is 19.3. The van der Waals surface area contributed by atoms with E-state index in [9.17, 15) is 9.59 Å². The first kappa shape index (κ1) is 29.5. The lowest BCUT2D eigenvalue weighted by Gasteiger charge is -2.30. The lowest BCUT2D eigenvalue weighted by molar-refractivity contribution is -0.132. The Morgan fingerprint density at radius 3 is 2.27 bits per heavy atom. The largest absolute Gasteiger partial charge is 0.425 e. The standard InChI is InChI=1S/C32H43N5O3/c1-24(2)32-34-33-29(40-32)16-18-30(38)36-22-21-35(25(3)4)19-10-20-37(28-14-9-8-13-27(28)23-36)31(39)17-15-26-11-6-5-7-12-26/h5-9,11-14,24-25H,10,15-23H2,1-4H3. The maximum atomic E-state index is 13.6. The van der Waals surface area contributed by atoms with Gasteiger partial charge in [0.1, 0.15) is 0 Å². The van der Waals surface area contributed by atoms with E-state index in [1.54, 1.807) is 0 Å². The Kier molecular flexibility index (Phi) is 10.5. The van der Waals surface area contributed by atoms with Gasteiger partial charge < -0.3 is 14.2 Å². The van der Waals surface area contributed by atoms with E-state index in [4.69, 9.17) is 4.42 Å². The second-order valence-electron chi connectivity index (χ2n) is 11.1. The van der Waals surface area contributed by atoms with Crippen LogP contribution < -0.4 is 4.90 Å². The van der Waals surface area contributed by atoms with Gasteiger partial charge in [-0.2, -0.15) is 0 Å². The van der Waals surface area contributed by atoms with Crippen LogP contribution in [0.1, 0.15) is 75.8 Å². The van der Waals surface area contributed by atoms with Crippen LogP contribution in [-0.4, -0.2) is 64.0 Å². The number of carbonyl (C=O) groups is 2. The van der Waals surface area contributed by atoms with Crippen molar-refractivity contribution in [1.82, 2.24) is 20.0 Å². The molecule has 0 bridgehead atoms. The van der Waals surface area contributed by atoms with Crippen molar-refractivity contribution in [1.29, 1.82) is 0 Å². The van der Waals surface area contributed by atoms with Gasteiger partial charge >= 0.3 is 0 Å². The quantitative estimate of drug-likeness (QED) is 0.385. The first-order valence-electron chi connectivity index (χ1n) is 14.6. The fourth-order valence-corrected chi connectivity index (χ4v) is 5.10. The summed E-state index contributed by atoms with van der Waals surface area (Å²) in [7, 11) is 0. The topological polar surface area (TPSA) is 82.8 Å². The maximum absolute atomic E-state index is 13.6. The summed E-state index contributed by atoms with van der Waals surface area (Å²) in [6.45, 7) is 11.7. The van der Waals surface area contributed by atoms with E-state index in [0.717, 1.165) is 36.3 Å². The van der Waals surface area contributed by atoms with Crippen LogP contribution in [-0.2, 0) is 29.0 Å². The zero-order valence-corrected chi connectivity index (χ0v) is 24.4. The van der Waals surface area contributed by atoms with Crippen molar-refractivity contribution in [3.05, 3.63) is 77.5 Å². The summed E-state index contributed by atoms with van der Waals surface area (Å²) in [6.07, 6.45) is 2.72. The predicted molar refractivity (Wildman–Crippen MR) is 157 cm³/mol. The minimum atomic E-state index is 0.0454. The zero-order valence-electron chi connectivity index (χ0n) is 24.4. The van der Waals surface area contributed by atoms with E-state index in [1.165, 1.54) is 0 Å². The molecule has 0 saturated heterocycles. The van der Waals surface area contributed by atoms with Crippen molar-refractivity contribution in [2.24, 2.45) is 0 Å². The van der Waals surface area contributed by atoms with Crippen LogP contribution in [0.5, 0.6) is 0 Å². The number of nitrogens with zero attached hydrogens (tertiary/aromatic N) is 5. The molecule has 0 radical (unpaired) electrons. The monoisotopic (exact) mass is 545 g/mol. The second kappa shape index (κ2) is 14.2. The molecule has 1 aliphatic rings. The molecular weight excluding hydrogens is 502 g/mol. The molecular formula is C32H43N5O3. The minimum absolute atomic E-state index is 0.0454. The first-order valence-corrected chi connectivity index (χ1v) is 14.6. The van der Waals surface area contributed by atoms with E-state index >= 15 is 0 Å².